The van der Waals surface area contributed by atoms with Gasteiger partial charge < -0.3 is 27.2 Å². The number of phenolic OH excluding ortho intramolecular Hbond substituents is 1. The second-order valence-electron chi connectivity index (χ2n) is 5.02. The first-order chi connectivity index (χ1) is 9.74. The maximum Gasteiger partial charge on any atom is 0.118 e. The minimum atomic E-state index is 0.0704. The Morgan fingerprint density at radius 3 is 2.45 bits per heavy atom. The van der Waals surface area contributed by atoms with Crippen molar-refractivity contribution in [1.82, 2.24) is 10.6 Å². The summed E-state index contributed by atoms with van der Waals surface area (Å²) in [6.07, 6.45) is 2.63. The first kappa shape index (κ1) is 16.9. The highest BCUT2D eigenvalue weighted by molar-refractivity contribution is 5.32. The summed E-state index contributed by atoms with van der Waals surface area (Å²) in [5, 5.41) is 16.4. The predicted molar refractivity (Wildman–Crippen MR) is 83.8 cm³/mol. The van der Waals surface area contributed by atoms with E-state index in [0.29, 0.717) is 12.2 Å². The molecular formula is C15H28N4O. The Morgan fingerprint density at radius 1 is 1.05 bits per heavy atom. The molecule has 0 radical (unpaired) electrons. The molecule has 0 bridgehead atoms. The molecule has 0 amide bonds. The van der Waals surface area contributed by atoms with E-state index in [1.54, 1.807) is 6.07 Å². The molecule has 5 heteroatoms. The summed E-state index contributed by atoms with van der Waals surface area (Å²) in [4.78, 5) is 0. The molecule has 1 aromatic rings. The van der Waals surface area contributed by atoms with Crippen molar-refractivity contribution >= 4 is 0 Å². The molecule has 0 spiro atoms. The number of rotatable bonds is 11. The first-order valence-electron chi connectivity index (χ1n) is 7.38. The minimum Gasteiger partial charge on any atom is -0.508 e. The van der Waals surface area contributed by atoms with Crippen LogP contribution in [0.25, 0.3) is 0 Å². The van der Waals surface area contributed by atoms with Crippen LogP contribution in [-0.2, 0) is 6.42 Å². The van der Waals surface area contributed by atoms with Gasteiger partial charge in [0.05, 0.1) is 0 Å². The lowest BCUT2D eigenvalue weighted by Gasteiger charge is -2.13. The zero-order chi connectivity index (χ0) is 14.6. The quantitative estimate of drug-likeness (QED) is 0.373. The van der Waals surface area contributed by atoms with Gasteiger partial charge in [-0.05, 0) is 50.5 Å². The summed E-state index contributed by atoms with van der Waals surface area (Å²) >= 11 is 0. The Balaban J connectivity index is 2.03. The fourth-order valence-electron chi connectivity index (χ4n) is 2.01. The third kappa shape index (κ3) is 7.45. The van der Waals surface area contributed by atoms with Crippen molar-refractivity contribution in [1.29, 1.82) is 0 Å². The fourth-order valence-corrected chi connectivity index (χ4v) is 2.01. The van der Waals surface area contributed by atoms with Crippen molar-refractivity contribution in [2.45, 2.75) is 25.3 Å². The third-order valence-corrected chi connectivity index (χ3v) is 3.20. The minimum absolute atomic E-state index is 0.0704. The second kappa shape index (κ2) is 10.6. The van der Waals surface area contributed by atoms with E-state index in [1.165, 1.54) is 0 Å². The van der Waals surface area contributed by atoms with E-state index in [0.717, 1.165) is 51.1 Å². The molecule has 1 rings (SSSR count). The Hall–Kier alpha value is -1.14. The van der Waals surface area contributed by atoms with Crippen LogP contribution in [0, 0.1) is 0 Å². The Kier molecular flexibility index (Phi) is 8.98. The van der Waals surface area contributed by atoms with Crippen LogP contribution >= 0.6 is 0 Å². The summed E-state index contributed by atoms with van der Waals surface area (Å²) in [7, 11) is 0. The molecule has 7 N–H and O–H groups in total. The molecule has 0 fully saturated rings. The van der Waals surface area contributed by atoms with Crippen molar-refractivity contribution < 1.29 is 5.11 Å². The number of benzene rings is 1. The van der Waals surface area contributed by atoms with Crippen LogP contribution in [0.5, 0.6) is 5.75 Å². The van der Waals surface area contributed by atoms with Gasteiger partial charge in [0.2, 0.25) is 0 Å². The highest BCUT2D eigenvalue weighted by atomic mass is 16.3. The lowest BCUT2D eigenvalue weighted by atomic mass is 10.0. The summed E-state index contributed by atoms with van der Waals surface area (Å²) in [5.41, 5.74) is 12.4. The largest absolute Gasteiger partial charge is 0.508 e. The lowest BCUT2D eigenvalue weighted by Crippen LogP contribution is -2.32. The molecule has 20 heavy (non-hydrogen) atoms. The van der Waals surface area contributed by atoms with Crippen molar-refractivity contribution in [3.05, 3.63) is 29.8 Å². The number of aromatic hydroxyl groups is 1. The summed E-state index contributed by atoms with van der Waals surface area (Å²) in [6.45, 7) is 4.50. The molecule has 0 aliphatic carbocycles. The van der Waals surface area contributed by atoms with Crippen LogP contribution in [0.3, 0.4) is 0 Å². The molecule has 1 unspecified atom stereocenters. The van der Waals surface area contributed by atoms with Gasteiger partial charge >= 0.3 is 0 Å². The van der Waals surface area contributed by atoms with Gasteiger partial charge in [-0.2, -0.15) is 0 Å². The van der Waals surface area contributed by atoms with Gasteiger partial charge in [-0.3, -0.25) is 0 Å². The first-order valence-corrected chi connectivity index (χ1v) is 7.38. The van der Waals surface area contributed by atoms with E-state index in [9.17, 15) is 5.11 Å². The van der Waals surface area contributed by atoms with Crippen LogP contribution in [-0.4, -0.2) is 43.9 Å². The summed E-state index contributed by atoms with van der Waals surface area (Å²) in [5.74, 6) is 0.333. The lowest BCUT2D eigenvalue weighted by molar-refractivity contribution is 0.461. The van der Waals surface area contributed by atoms with Crippen LogP contribution < -0.4 is 22.1 Å². The van der Waals surface area contributed by atoms with Gasteiger partial charge in [0.1, 0.15) is 5.75 Å². The standard InChI is InChI=1S/C15H28N4O/c16-7-3-8-18-10-11-19-9-6-14(17)12-13-4-1-2-5-15(13)20/h1-2,4-5,14,18-20H,3,6-12,16-17H2. The van der Waals surface area contributed by atoms with Crippen LogP contribution in [0.1, 0.15) is 18.4 Å². The van der Waals surface area contributed by atoms with Crippen LogP contribution in [0.15, 0.2) is 24.3 Å². The number of para-hydroxylation sites is 1. The van der Waals surface area contributed by atoms with Gasteiger partial charge in [0, 0.05) is 19.1 Å². The Bertz CT molecular complexity index is 359. The highest BCUT2D eigenvalue weighted by Gasteiger charge is 2.06. The molecule has 1 atom stereocenters. The molecule has 114 valence electrons. The van der Waals surface area contributed by atoms with Gasteiger partial charge in [0.25, 0.3) is 0 Å². The second-order valence-corrected chi connectivity index (χ2v) is 5.02. The molecule has 1 aromatic carbocycles. The molecule has 0 aliphatic heterocycles. The van der Waals surface area contributed by atoms with E-state index in [4.69, 9.17) is 11.5 Å². The number of phenols is 1. The van der Waals surface area contributed by atoms with E-state index in [2.05, 4.69) is 10.6 Å². The Morgan fingerprint density at radius 2 is 1.75 bits per heavy atom. The summed E-state index contributed by atoms with van der Waals surface area (Å²) < 4.78 is 0. The average Bonchev–Trinajstić information content (AvgIpc) is 2.44. The molecule has 5 nitrogen and oxygen atoms in total. The monoisotopic (exact) mass is 280 g/mol. The normalized spacial score (nSPS) is 12.5. The zero-order valence-electron chi connectivity index (χ0n) is 12.1. The van der Waals surface area contributed by atoms with Gasteiger partial charge in [-0.25, -0.2) is 0 Å². The molecule has 0 aliphatic rings. The maximum absolute atomic E-state index is 9.68. The number of nitrogens with two attached hydrogens (primary N) is 2. The maximum atomic E-state index is 9.68. The van der Waals surface area contributed by atoms with Gasteiger partial charge in [-0.1, -0.05) is 18.2 Å². The number of nitrogens with one attached hydrogen (secondary N) is 2. The molecule has 0 saturated heterocycles. The van der Waals surface area contributed by atoms with E-state index in [-0.39, 0.29) is 6.04 Å². The van der Waals surface area contributed by atoms with E-state index in [1.807, 2.05) is 18.2 Å². The summed E-state index contributed by atoms with van der Waals surface area (Å²) in [6, 6.07) is 7.44. The third-order valence-electron chi connectivity index (χ3n) is 3.20. The fraction of sp³-hybridized carbons (Fsp3) is 0.600. The van der Waals surface area contributed by atoms with Gasteiger partial charge in [-0.15, -0.1) is 0 Å². The topological polar surface area (TPSA) is 96.3 Å². The number of hydrogen-bond acceptors (Lipinski definition) is 5. The van der Waals surface area contributed by atoms with Gasteiger partial charge in [0.15, 0.2) is 0 Å². The molecule has 0 heterocycles. The van der Waals surface area contributed by atoms with Crippen molar-refractivity contribution in [3.63, 3.8) is 0 Å². The molecule has 0 aromatic heterocycles. The van der Waals surface area contributed by atoms with Crippen molar-refractivity contribution in [2.24, 2.45) is 11.5 Å². The average molecular weight is 280 g/mol. The van der Waals surface area contributed by atoms with E-state index < -0.39 is 0 Å². The van der Waals surface area contributed by atoms with Crippen molar-refractivity contribution in [3.8, 4) is 5.75 Å². The van der Waals surface area contributed by atoms with E-state index >= 15 is 0 Å². The Labute approximate surface area is 121 Å². The van der Waals surface area contributed by atoms with Crippen LogP contribution in [0.2, 0.25) is 0 Å². The SMILES string of the molecule is NCCCNCCNCCC(N)Cc1ccccc1O. The zero-order valence-corrected chi connectivity index (χ0v) is 12.1. The predicted octanol–water partition coefficient (Wildman–Crippen LogP) is 0.180. The molecular weight excluding hydrogens is 252 g/mol. The number of hydrogen-bond donors (Lipinski definition) is 5. The smallest absolute Gasteiger partial charge is 0.118 e. The molecule has 0 saturated carbocycles. The van der Waals surface area contributed by atoms with Crippen LogP contribution in [0.4, 0.5) is 0 Å². The highest BCUT2D eigenvalue weighted by Crippen LogP contribution is 2.17. The van der Waals surface area contributed by atoms with Crippen molar-refractivity contribution in [2.75, 3.05) is 32.7 Å².